The molecule has 5 heterocycles. The van der Waals surface area contributed by atoms with E-state index in [2.05, 4.69) is 48.8 Å². The molecule has 1 spiro atoms. The molecule has 5 aliphatic heterocycles. The van der Waals surface area contributed by atoms with Gasteiger partial charge in [0.1, 0.15) is 5.78 Å². The number of Topliss-reactive ketones (excluding diaryl/α,β-unsaturated/α-hetero) is 1. The average Bonchev–Trinajstić information content (AvgIpc) is 2.77. The quantitative estimate of drug-likeness (QED) is 0.782. The minimum absolute atomic E-state index is 0.134. The van der Waals surface area contributed by atoms with Crippen LogP contribution in [0, 0.1) is 17.8 Å². The van der Waals surface area contributed by atoms with Crippen LogP contribution in [0.5, 0.6) is 0 Å². The van der Waals surface area contributed by atoms with Gasteiger partial charge in [-0.15, -0.1) is 0 Å². The Morgan fingerprint density at radius 1 is 1.08 bits per heavy atom. The number of hydrogen-bond donors (Lipinski definition) is 0. The summed E-state index contributed by atoms with van der Waals surface area (Å²) < 4.78 is 0. The zero-order valence-electron chi connectivity index (χ0n) is 15.4. The van der Waals surface area contributed by atoms with E-state index in [0.717, 1.165) is 17.7 Å². The number of rotatable bonds is 1. The molecule has 2 atom stereocenters. The van der Waals surface area contributed by atoms with Crippen molar-refractivity contribution in [1.82, 2.24) is 9.80 Å². The molecule has 0 saturated carbocycles. The van der Waals surface area contributed by atoms with E-state index >= 15 is 0 Å². The topological polar surface area (TPSA) is 43.9 Å². The number of amides is 1. The van der Waals surface area contributed by atoms with Crippen molar-refractivity contribution in [2.24, 2.45) is 10.8 Å². The van der Waals surface area contributed by atoms with Crippen molar-refractivity contribution in [3.8, 4) is 0 Å². The van der Waals surface area contributed by atoms with Crippen LogP contribution in [0.1, 0.15) is 31.4 Å². The molecule has 4 bridgehead atoms. The van der Waals surface area contributed by atoms with Gasteiger partial charge in [-0.3, -0.25) is 19.4 Å². The molecule has 1 amide bonds. The predicted molar refractivity (Wildman–Crippen MR) is 95.3 cm³/mol. The molecule has 5 nitrogen and oxygen atoms in total. The van der Waals surface area contributed by atoms with Crippen LogP contribution in [0.2, 0.25) is 0 Å². The molecule has 1 aromatic rings. The summed E-state index contributed by atoms with van der Waals surface area (Å²) in [6, 6.07) is 6.30. The number of carbonyl (C=O) groups excluding carboxylic acids is 2. The maximum atomic E-state index is 13.5. The maximum Gasteiger partial charge on any atom is 0.267 e. The minimum Gasteiger partial charge on any atom is -0.312 e. The molecule has 0 radical (unpaired) electrons. The Labute approximate surface area is 148 Å². The van der Waals surface area contributed by atoms with Crippen molar-refractivity contribution in [2.45, 2.75) is 32.9 Å². The maximum absolute atomic E-state index is 13.5. The van der Waals surface area contributed by atoms with Crippen LogP contribution in [0.25, 0.3) is 0 Å². The monoisotopic (exact) mass is 339 g/mol. The second-order valence-corrected chi connectivity index (χ2v) is 8.79. The number of ketones is 1. The van der Waals surface area contributed by atoms with Crippen molar-refractivity contribution in [3.05, 3.63) is 29.3 Å². The molecular formula is C20H25N3O2. The minimum atomic E-state index is -0.713. The summed E-state index contributed by atoms with van der Waals surface area (Å²) in [5.41, 5.74) is 1.89. The lowest BCUT2D eigenvalue weighted by atomic mass is 9.58. The van der Waals surface area contributed by atoms with E-state index in [-0.39, 0.29) is 16.7 Å². The summed E-state index contributed by atoms with van der Waals surface area (Å²) in [6.07, 6.45) is 0.842. The van der Waals surface area contributed by atoms with Gasteiger partial charge < -0.3 is 4.90 Å². The second kappa shape index (κ2) is 4.33. The van der Waals surface area contributed by atoms with Gasteiger partial charge >= 0.3 is 0 Å². The van der Waals surface area contributed by atoms with Crippen LogP contribution >= 0.6 is 0 Å². The van der Waals surface area contributed by atoms with E-state index < -0.39 is 5.66 Å². The molecular weight excluding hydrogens is 314 g/mol. The summed E-state index contributed by atoms with van der Waals surface area (Å²) in [5.74, 6) is 0.544. The number of likely N-dealkylation sites (N-methyl/N-ethyl adjacent to an activating group) is 1. The first kappa shape index (κ1) is 15.5. The van der Waals surface area contributed by atoms with E-state index in [1.807, 2.05) is 7.05 Å². The lowest BCUT2D eigenvalue weighted by Gasteiger charge is -2.68. The molecule has 0 aromatic heterocycles. The number of anilines is 1. The first-order valence-corrected chi connectivity index (χ1v) is 9.23. The fourth-order valence-corrected chi connectivity index (χ4v) is 6.05. The van der Waals surface area contributed by atoms with Crippen LogP contribution < -0.4 is 4.90 Å². The number of aryl methyl sites for hydroxylation is 1. The van der Waals surface area contributed by atoms with Gasteiger partial charge in [0.2, 0.25) is 0 Å². The summed E-state index contributed by atoms with van der Waals surface area (Å²) in [7, 11) is 1.88. The number of benzene rings is 1. The summed E-state index contributed by atoms with van der Waals surface area (Å²) in [6.45, 7) is 9.03. The molecule has 25 heavy (non-hydrogen) atoms. The molecule has 4 saturated heterocycles. The molecule has 2 unspecified atom stereocenters. The Kier molecular flexibility index (Phi) is 2.69. The lowest BCUT2D eigenvalue weighted by Crippen LogP contribution is -2.83. The number of fused-ring (bicyclic) bond motifs is 1. The van der Waals surface area contributed by atoms with E-state index in [0.29, 0.717) is 32.0 Å². The van der Waals surface area contributed by atoms with Crippen molar-refractivity contribution in [2.75, 3.05) is 38.1 Å². The zero-order chi connectivity index (χ0) is 17.8. The van der Waals surface area contributed by atoms with Crippen LogP contribution in [0.15, 0.2) is 18.2 Å². The molecule has 5 aliphatic rings. The number of hydrogen-bond acceptors (Lipinski definition) is 4. The number of nitrogens with zero attached hydrogens (tertiary/aromatic N) is 3. The summed E-state index contributed by atoms with van der Waals surface area (Å²) in [4.78, 5) is 33.1. The van der Waals surface area contributed by atoms with E-state index in [9.17, 15) is 9.59 Å². The summed E-state index contributed by atoms with van der Waals surface area (Å²) in [5, 5.41) is 0. The predicted octanol–water partition coefficient (Wildman–Crippen LogP) is 1.74. The first-order valence-electron chi connectivity index (χ1n) is 9.23. The third-order valence-electron chi connectivity index (χ3n) is 7.18. The highest BCUT2D eigenvalue weighted by atomic mass is 16.2. The third kappa shape index (κ3) is 1.50. The van der Waals surface area contributed by atoms with E-state index in [1.54, 1.807) is 4.90 Å². The molecule has 6 rings (SSSR count). The zero-order valence-corrected chi connectivity index (χ0v) is 15.4. The van der Waals surface area contributed by atoms with Crippen LogP contribution in [-0.2, 0) is 15.3 Å². The summed E-state index contributed by atoms with van der Waals surface area (Å²) >= 11 is 0. The average molecular weight is 339 g/mol. The van der Waals surface area contributed by atoms with Gasteiger partial charge in [0.05, 0.1) is 16.5 Å². The van der Waals surface area contributed by atoms with Gasteiger partial charge in [-0.25, -0.2) is 0 Å². The standard InChI is InChI=1S/C20H25N3O2/c1-5-19-11-22-9-18(3,16(19)24)10-23(12-19)20(22)14-8-13(2)6-7-15(14)21(4)17(20)25/h6-8H,5,9-12H2,1-4H3. The number of piperidine rings is 2. The molecule has 0 N–H and O–H groups in total. The fraction of sp³-hybridized carbons (Fsp3) is 0.600. The molecule has 5 heteroatoms. The van der Waals surface area contributed by atoms with E-state index in [4.69, 9.17) is 0 Å². The SMILES string of the molecule is CCC12CN3CC(C)(CN(C1)C31C(=O)N(C)c3ccc(C)cc31)C2=O. The van der Waals surface area contributed by atoms with Crippen LogP contribution in [0.4, 0.5) is 5.69 Å². The van der Waals surface area contributed by atoms with Gasteiger partial charge in [-0.05, 0) is 19.4 Å². The molecule has 132 valence electrons. The second-order valence-electron chi connectivity index (χ2n) is 8.79. The van der Waals surface area contributed by atoms with Gasteiger partial charge in [0, 0.05) is 38.8 Å². The first-order chi connectivity index (χ1) is 11.8. The van der Waals surface area contributed by atoms with Crippen LogP contribution in [-0.4, -0.2) is 54.7 Å². The van der Waals surface area contributed by atoms with Gasteiger partial charge in [0.25, 0.3) is 5.91 Å². The Morgan fingerprint density at radius 2 is 1.72 bits per heavy atom. The fourth-order valence-electron chi connectivity index (χ4n) is 6.05. The van der Waals surface area contributed by atoms with Crippen LogP contribution in [0.3, 0.4) is 0 Å². The molecule has 1 aromatic carbocycles. The molecule has 4 fully saturated rings. The smallest absolute Gasteiger partial charge is 0.267 e. The highest BCUT2D eigenvalue weighted by Crippen LogP contribution is 2.59. The highest BCUT2D eigenvalue weighted by molar-refractivity contribution is 6.08. The van der Waals surface area contributed by atoms with Gasteiger partial charge in [0.15, 0.2) is 5.66 Å². The molecule has 0 aliphatic carbocycles. The van der Waals surface area contributed by atoms with E-state index in [1.165, 1.54) is 5.56 Å². The lowest BCUT2D eigenvalue weighted by molar-refractivity contribution is -0.231. The Morgan fingerprint density at radius 3 is 2.32 bits per heavy atom. The highest BCUT2D eigenvalue weighted by Gasteiger charge is 2.72. The largest absolute Gasteiger partial charge is 0.312 e. The third-order valence-corrected chi connectivity index (χ3v) is 7.18. The Hall–Kier alpha value is -1.72. The Balaban J connectivity index is 1.75. The normalized spacial score (nSPS) is 44.1. The van der Waals surface area contributed by atoms with Crippen molar-refractivity contribution in [1.29, 1.82) is 0 Å². The number of carbonyl (C=O) groups is 2. The van der Waals surface area contributed by atoms with Crippen molar-refractivity contribution >= 4 is 17.4 Å². The van der Waals surface area contributed by atoms with Gasteiger partial charge in [-0.2, -0.15) is 0 Å². The van der Waals surface area contributed by atoms with Gasteiger partial charge in [-0.1, -0.05) is 31.5 Å². The van der Waals surface area contributed by atoms with Crippen molar-refractivity contribution < 1.29 is 9.59 Å². The Bertz CT molecular complexity index is 814. The van der Waals surface area contributed by atoms with Crippen molar-refractivity contribution in [3.63, 3.8) is 0 Å².